The van der Waals surface area contributed by atoms with E-state index < -0.39 is 33.4 Å². The molecule has 0 heterocycles. The molecule has 2 aromatic carbocycles. The third-order valence-electron chi connectivity index (χ3n) is 3.74. The molecule has 0 fully saturated rings. The van der Waals surface area contributed by atoms with E-state index in [1.807, 2.05) is 0 Å². The highest BCUT2D eigenvalue weighted by Crippen LogP contribution is 2.11. The molecule has 9 heteroatoms. The lowest BCUT2D eigenvalue weighted by molar-refractivity contribution is -0.122. The molecule has 0 aromatic heterocycles. The standard InChI is InChI=1S/C19H19N3O5S/c20-10-11-21-19(25)17(22-18(24)15-6-8-16(23)9-7-15)13-28(26,27)12-14-4-2-1-3-5-14/h1-9,17,23H,11-13H2,(H,21,25)(H,22,24). The van der Waals surface area contributed by atoms with Gasteiger partial charge in [-0.05, 0) is 29.8 Å². The fourth-order valence-corrected chi connectivity index (χ4v) is 3.99. The number of phenolic OH excluding ortho intramolecular Hbond substituents is 1. The van der Waals surface area contributed by atoms with E-state index >= 15 is 0 Å². The van der Waals surface area contributed by atoms with E-state index in [4.69, 9.17) is 5.26 Å². The molecule has 146 valence electrons. The molecule has 2 rings (SSSR count). The molecule has 0 spiro atoms. The van der Waals surface area contributed by atoms with Gasteiger partial charge in [-0.15, -0.1) is 0 Å². The van der Waals surface area contributed by atoms with Gasteiger partial charge < -0.3 is 15.7 Å². The number of nitrogens with one attached hydrogen (secondary N) is 2. The predicted octanol–water partition coefficient (Wildman–Crippen LogP) is 0.745. The summed E-state index contributed by atoms with van der Waals surface area (Å²) in [6.45, 7) is -0.316. The Morgan fingerprint density at radius 1 is 1.07 bits per heavy atom. The predicted molar refractivity (Wildman–Crippen MR) is 102 cm³/mol. The molecule has 28 heavy (non-hydrogen) atoms. The van der Waals surface area contributed by atoms with Crippen molar-refractivity contribution in [3.8, 4) is 11.8 Å². The zero-order chi connectivity index (χ0) is 20.6. The van der Waals surface area contributed by atoms with Crippen LogP contribution in [-0.2, 0) is 20.4 Å². The number of nitrogens with zero attached hydrogens (tertiary/aromatic N) is 1. The Balaban J connectivity index is 2.16. The zero-order valence-electron chi connectivity index (χ0n) is 14.8. The number of phenols is 1. The van der Waals surface area contributed by atoms with E-state index in [9.17, 15) is 23.1 Å². The van der Waals surface area contributed by atoms with Gasteiger partial charge in [0.1, 0.15) is 18.3 Å². The number of rotatable bonds is 8. The van der Waals surface area contributed by atoms with Gasteiger partial charge in [-0.2, -0.15) is 5.26 Å². The van der Waals surface area contributed by atoms with Gasteiger partial charge in [-0.1, -0.05) is 30.3 Å². The highest BCUT2D eigenvalue weighted by atomic mass is 32.2. The van der Waals surface area contributed by atoms with Crippen molar-refractivity contribution in [3.63, 3.8) is 0 Å². The van der Waals surface area contributed by atoms with Crippen LogP contribution < -0.4 is 10.6 Å². The third-order valence-corrected chi connectivity index (χ3v) is 5.36. The molecule has 1 unspecified atom stereocenters. The van der Waals surface area contributed by atoms with Crippen molar-refractivity contribution in [2.75, 3.05) is 12.3 Å². The number of aromatic hydroxyl groups is 1. The molecule has 0 radical (unpaired) electrons. The van der Waals surface area contributed by atoms with Crippen LogP contribution in [0, 0.1) is 11.3 Å². The average Bonchev–Trinajstić information content (AvgIpc) is 2.66. The van der Waals surface area contributed by atoms with Crippen molar-refractivity contribution in [1.29, 1.82) is 5.26 Å². The van der Waals surface area contributed by atoms with Crippen LogP contribution in [0.2, 0.25) is 0 Å². The van der Waals surface area contributed by atoms with E-state index in [-0.39, 0.29) is 23.6 Å². The lowest BCUT2D eigenvalue weighted by Gasteiger charge is -2.18. The maximum atomic E-state index is 12.5. The minimum absolute atomic E-state index is 0.0368. The van der Waals surface area contributed by atoms with Gasteiger partial charge in [0.05, 0.1) is 17.6 Å². The fourth-order valence-electron chi connectivity index (χ4n) is 2.43. The molecule has 2 aromatic rings. The Kier molecular flexibility index (Phi) is 7.12. The summed E-state index contributed by atoms with van der Waals surface area (Å²) in [4.78, 5) is 24.6. The van der Waals surface area contributed by atoms with Gasteiger partial charge in [0.2, 0.25) is 5.91 Å². The summed E-state index contributed by atoms with van der Waals surface area (Å²) < 4.78 is 25.0. The molecular weight excluding hydrogens is 382 g/mol. The Hall–Kier alpha value is -3.38. The summed E-state index contributed by atoms with van der Waals surface area (Å²) in [6, 6.07) is 14.1. The first-order valence-electron chi connectivity index (χ1n) is 8.29. The molecule has 0 bridgehead atoms. The van der Waals surface area contributed by atoms with Crippen LogP contribution in [0.15, 0.2) is 54.6 Å². The van der Waals surface area contributed by atoms with E-state index in [0.29, 0.717) is 5.56 Å². The Bertz CT molecular complexity index is 967. The average molecular weight is 401 g/mol. The summed E-state index contributed by atoms with van der Waals surface area (Å²) >= 11 is 0. The van der Waals surface area contributed by atoms with E-state index in [1.54, 1.807) is 36.4 Å². The first-order valence-corrected chi connectivity index (χ1v) is 10.1. The van der Waals surface area contributed by atoms with Crippen LogP contribution in [0.5, 0.6) is 5.75 Å². The van der Waals surface area contributed by atoms with E-state index in [0.717, 1.165) is 0 Å². The molecule has 2 amide bonds. The van der Waals surface area contributed by atoms with Gasteiger partial charge in [0.15, 0.2) is 9.84 Å². The van der Waals surface area contributed by atoms with Crippen LogP contribution in [0.1, 0.15) is 15.9 Å². The molecule has 0 aliphatic carbocycles. The molecular formula is C19H19N3O5S. The monoisotopic (exact) mass is 401 g/mol. The molecule has 1 atom stereocenters. The van der Waals surface area contributed by atoms with Gasteiger partial charge in [0.25, 0.3) is 5.91 Å². The number of benzene rings is 2. The quantitative estimate of drug-likeness (QED) is 0.558. The number of sulfone groups is 1. The lowest BCUT2D eigenvalue weighted by atomic mass is 10.2. The van der Waals surface area contributed by atoms with Crippen molar-refractivity contribution < 1.29 is 23.1 Å². The molecule has 0 saturated heterocycles. The SMILES string of the molecule is N#CCNC(=O)C(CS(=O)(=O)Cc1ccccc1)NC(=O)c1ccc(O)cc1. The van der Waals surface area contributed by atoms with Crippen molar-refractivity contribution in [2.24, 2.45) is 0 Å². The Labute approximate surface area is 162 Å². The highest BCUT2D eigenvalue weighted by Gasteiger charge is 2.27. The third kappa shape index (κ3) is 6.41. The smallest absolute Gasteiger partial charge is 0.251 e. The molecule has 8 nitrogen and oxygen atoms in total. The van der Waals surface area contributed by atoms with Crippen LogP contribution in [0.3, 0.4) is 0 Å². The summed E-state index contributed by atoms with van der Waals surface area (Å²) in [6.07, 6.45) is 0. The first-order chi connectivity index (χ1) is 13.3. The molecule has 0 saturated carbocycles. The summed E-state index contributed by atoms with van der Waals surface area (Å²) in [5.41, 5.74) is 0.708. The summed E-state index contributed by atoms with van der Waals surface area (Å²) in [5.74, 6) is -2.39. The van der Waals surface area contributed by atoms with Crippen LogP contribution in [0.4, 0.5) is 0 Å². The largest absolute Gasteiger partial charge is 0.508 e. The van der Waals surface area contributed by atoms with Crippen molar-refractivity contribution in [2.45, 2.75) is 11.8 Å². The minimum atomic E-state index is -3.74. The van der Waals surface area contributed by atoms with Crippen LogP contribution >= 0.6 is 0 Å². The van der Waals surface area contributed by atoms with E-state index in [1.165, 1.54) is 24.3 Å². The minimum Gasteiger partial charge on any atom is -0.508 e. The van der Waals surface area contributed by atoms with Crippen molar-refractivity contribution in [3.05, 3.63) is 65.7 Å². The van der Waals surface area contributed by atoms with E-state index in [2.05, 4.69) is 10.6 Å². The Morgan fingerprint density at radius 2 is 1.71 bits per heavy atom. The number of hydrogen-bond acceptors (Lipinski definition) is 6. The fraction of sp³-hybridized carbons (Fsp3) is 0.211. The first kappa shape index (κ1) is 20.9. The maximum absolute atomic E-state index is 12.5. The van der Waals surface area contributed by atoms with Gasteiger partial charge in [0, 0.05) is 5.56 Å². The second-order valence-corrected chi connectivity index (χ2v) is 8.10. The number of amides is 2. The number of carbonyl (C=O) groups is 2. The van der Waals surface area contributed by atoms with Gasteiger partial charge in [-0.25, -0.2) is 8.42 Å². The number of carbonyl (C=O) groups excluding carboxylic acids is 2. The Morgan fingerprint density at radius 3 is 2.32 bits per heavy atom. The second-order valence-electron chi connectivity index (χ2n) is 5.99. The summed E-state index contributed by atoms with van der Waals surface area (Å²) in [7, 11) is -3.74. The van der Waals surface area contributed by atoms with Gasteiger partial charge in [-0.3, -0.25) is 9.59 Å². The summed E-state index contributed by atoms with van der Waals surface area (Å²) in [5, 5.41) is 22.6. The van der Waals surface area contributed by atoms with Crippen molar-refractivity contribution >= 4 is 21.7 Å². The molecule has 0 aliphatic rings. The number of hydrogen-bond donors (Lipinski definition) is 3. The normalized spacial score (nSPS) is 11.8. The highest BCUT2D eigenvalue weighted by molar-refractivity contribution is 7.90. The van der Waals surface area contributed by atoms with Crippen LogP contribution in [-0.4, -0.2) is 43.7 Å². The second kappa shape index (κ2) is 9.53. The number of nitriles is 1. The maximum Gasteiger partial charge on any atom is 0.251 e. The molecule has 3 N–H and O–H groups in total. The zero-order valence-corrected chi connectivity index (χ0v) is 15.6. The molecule has 0 aliphatic heterocycles. The topological polar surface area (TPSA) is 136 Å². The van der Waals surface area contributed by atoms with Crippen LogP contribution in [0.25, 0.3) is 0 Å². The lowest BCUT2D eigenvalue weighted by Crippen LogP contribution is -2.50. The van der Waals surface area contributed by atoms with Gasteiger partial charge >= 0.3 is 0 Å². The van der Waals surface area contributed by atoms with Crippen molar-refractivity contribution in [1.82, 2.24) is 10.6 Å².